The summed E-state index contributed by atoms with van der Waals surface area (Å²) in [6.07, 6.45) is 1.60. The van der Waals surface area contributed by atoms with Gasteiger partial charge in [-0.2, -0.15) is 0 Å². The summed E-state index contributed by atoms with van der Waals surface area (Å²) in [5.41, 5.74) is 0. The molecule has 74 valence electrons. The Labute approximate surface area is 75.9 Å². The average Bonchev–Trinajstić information content (AvgIpc) is 2.00. The first kappa shape index (κ1) is 11.9. The van der Waals surface area contributed by atoms with Gasteiger partial charge in [-0.25, -0.2) is 0 Å². The van der Waals surface area contributed by atoms with Crippen molar-refractivity contribution in [2.24, 2.45) is 5.92 Å². The van der Waals surface area contributed by atoms with Gasteiger partial charge in [0.1, 0.15) is 0 Å². The third-order valence-corrected chi connectivity index (χ3v) is 2.01. The largest absolute Gasteiger partial charge is 0.390 e. The Bertz CT molecular complexity index is 102. The topological polar surface area (TPSA) is 29.5 Å². The predicted molar refractivity (Wildman–Crippen MR) is 51.2 cm³/mol. The Kier molecular flexibility index (Phi) is 6.39. The normalized spacial score (nSPS) is 16.5. The fourth-order valence-corrected chi connectivity index (χ4v) is 1.11. The van der Waals surface area contributed by atoms with E-state index in [1.807, 2.05) is 13.8 Å². The zero-order chi connectivity index (χ0) is 9.56. The number of hydrogen-bond donors (Lipinski definition) is 1. The SMILES string of the molecule is CCOC(C)C(O)CCC(C)C. The van der Waals surface area contributed by atoms with E-state index in [1.165, 1.54) is 0 Å². The fraction of sp³-hybridized carbons (Fsp3) is 1.00. The lowest BCUT2D eigenvalue weighted by atomic mass is 10.0. The van der Waals surface area contributed by atoms with Crippen LogP contribution in [0.5, 0.6) is 0 Å². The molecule has 0 amide bonds. The molecule has 0 fully saturated rings. The monoisotopic (exact) mass is 174 g/mol. The molecular weight excluding hydrogens is 152 g/mol. The molecule has 2 atom stereocenters. The minimum absolute atomic E-state index is 0.0197. The van der Waals surface area contributed by atoms with Gasteiger partial charge in [0, 0.05) is 6.61 Å². The van der Waals surface area contributed by atoms with Crippen molar-refractivity contribution >= 4 is 0 Å². The molecular formula is C10H22O2. The van der Waals surface area contributed by atoms with Gasteiger partial charge < -0.3 is 9.84 Å². The van der Waals surface area contributed by atoms with Crippen molar-refractivity contribution in [1.82, 2.24) is 0 Å². The number of hydrogen-bond acceptors (Lipinski definition) is 2. The van der Waals surface area contributed by atoms with Crippen molar-refractivity contribution in [2.75, 3.05) is 6.61 Å². The first-order valence-corrected chi connectivity index (χ1v) is 4.87. The standard InChI is InChI=1S/C10H22O2/c1-5-12-9(4)10(11)7-6-8(2)3/h8-11H,5-7H2,1-4H3. The lowest BCUT2D eigenvalue weighted by molar-refractivity contribution is -0.0266. The maximum Gasteiger partial charge on any atom is 0.0805 e. The predicted octanol–water partition coefficient (Wildman–Crippen LogP) is 2.21. The first-order chi connectivity index (χ1) is 5.57. The van der Waals surface area contributed by atoms with Gasteiger partial charge in [-0.05, 0) is 32.6 Å². The minimum Gasteiger partial charge on any atom is -0.390 e. The van der Waals surface area contributed by atoms with Gasteiger partial charge in [-0.1, -0.05) is 13.8 Å². The highest BCUT2D eigenvalue weighted by Crippen LogP contribution is 2.10. The van der Waals surface area contributed by atoms with Gasteiger partial charge >= 0.3 is 0 Å². The molecule has 0 spiro atoms. The molecule has 0 aromatic carbocycles. The Hall–Kier alpha value is -0.0800. The van der Waals surface area contributed by atoms with Crippen molar-refractivity contribution in [1.29, 1.82) is 0 Å². The molecule has 0 aliphatic rings. The van der Waals surface area contributed by atoms with Crippen LogP contribution >= 0.6 is 0 Å². The lowest BCUT2D eigenvalue weighted by Gasteiger charge is -2.19. The highest BCUT2D eigenvalue weighted by atomic mass is 16.5. The molecule has 1 N–H and O–H groups in total. The Morgan fingerprint density at radius 2 is 1.75 bits per heavy atom. The second-order valence-corrected chi connectivity index (χ2v) is 3.70. The van der Waals surface area contributed by atoms with E-state index in [1.54, 1.807) is 0 Å². The molecule has 0 heterocycles. The molecule has 0 aromatic rings. The van der Waals surface area contributed by atoms with E-state index in [-0.39, 0.29) is 12.2 Å². The second-order valence-electron chi connectivity index (χ2n) is 3.70. The van der Waals surface area contributed by atoms with Crippen molar-refractivity contribution in [3.8, 4) is 0 Å². The maximum absolute atomic E-state index is 9.57. The highest BCUT2D eigenvalue weighted by Gasteiger charge is 2.13. The first-order valence-electron chi connectivity index (χ1n) is 4.87. The van der Waals surface area contributed by atoms with Crippen molar-refractivity contribution in [3.63, 3.8) is 0 Å². The zero-order valence-electron chi connectivity index (χ0n) is 8.71. The maximum atomic E-state index is 9.57. The van der Waals surface area contributed by atoms with Crippen LogP contribution in [0.2, 0.25) is 0 Å². The Balaban J connectivity index is 3.49. The molecule has 0 saturated carbocycles. The summed E-state index contributed by atoms with van der Waals surface area (Å²) in [5, 5.41) is 9.57. The molecule has 0 radical (unpaired) electrons. The van der Waals surface area contributed by atoms with Gasteiger partial charge in [0.05, 0.1) is 12.2 Å². The molecule has 2 unspecified atom stereocenters. The fourth-order valence-electron chi connectivity index (χ4n) is 1.11. The van der Waals surface area contributed by atoms with Crippen molar-refractivity contribution in [3.05, 3.63) is 0 Å². The lowest BCUT2D eigenvalue weighted by Crippen LogP contribution is -2.26. The minimum atomic E-state index is -0.299. The van der Waals surface area contributed by atoms with Crippen molar-refractivity contribution < 1.29 is 9.84 Å². The number of aliphatic hydroxyl groups excluding tert-OH is 1. The van der Waals surface area contributed by atoms with E-state index in [9.17, 15) is 5.11 Å². The molecule has 0 saturated heterocycles. The summed E-state index contributed by atoms with van der Waals surface area (Å²) in [6, 6.07) is 0. The third-order valence-electron chi connectivity index (χ3n) is 2.01. The smallest absolute Gasteiger partial charge is 0.0805 e. The molecule has 0 aliphatic heterocycles. The van der Waals surface area contributed by atoms with E-state index in [2.05, 4.69) is 13.8 Å². The molecule has 0 aromatic heterocycles. The van der Waals surface area contributed by atoms with E-state index in [4.69, 9.17) is 4.74 Å². The number of aliphatic hydroxyl groups is 1. The van der Waals surface area contributed by atoms with Crippen molar-refractivity contribution in [2.45, 2.75) is 52.7 Å². The van der Waals surface area contributed by atoms with Crippen LogP contribution in [-0.4, -0.2) is 23.9 Å². The summed E-state index contributed by atoms with van der Waals surface area (Å²) >= 11 is 0. The van der Waals surface area contributed by atoms with E-state index < -0.39 is 0 Å². The van der Waals surface area contributed by atoms with Crippen LogP contribution in [0.25, 0.3) is 0 Å². The highest BCUT2D eigenvalue weighted by molar-refractivity contribution is 4.64. The zero-order valence-corrected chi connectivity index (χ0v) is 8.71. The number of rotatable bonds is 6. The second kappa shape index (κ2) is 6.44. The molecule has 2 heteroatoms. The average molecular weight is 174 g/mol. The molecule has 0 bridgehead atoms. The van der Waals surface area contributed by atoms with Crippen LogP contribution in [-0.2, 0) is 4.74 Å². The van der Waals surface area contributed by atoms with E-state index >= 15 is 0 Å². The van der Waals surface area contributed by atoms with Crippen LogP contribution in [0, 0.1) is 5.92 Å². The Morgan fingerprint density at radius 1 is 1.17 bits per heavy atom. The van der Waals surface area contributed by atoms with Crippen LogP contribution in [0.4, 0.5) is 0 Å². The van der Waals surface area contributed by atoms with E-state index in [0.717, 1.165) is 12.8 Å². The van der Waals surface area contributed by atoms with Gasteiger partial charge in [0.15, 0.2) is 0 Å². The van der Waals surface area contributed by atoms with Crippen LogP contribution in [0.3, 0.4) is 0 Å². The summed E-state index contributed by atoms with van der Waals surface area (Å²) in [7, 11) is 0. The molecule has 0 rings (SSSR count). The van der Waals surface area contributed by atoms with Crippen LogP contribution in [0.15, 0.2) is 0 Å². The summed E-state index contributed by atoms with van der Waals surface area (Å²) < 4.78 is 5.29. The molecule has 0 aliphatic carbocycles. The van der Waals surface area contributed by atoms with Crippen LogP contribution < -0.4 is 0 Å². The van der Waals surface area contributed by atoms with Crippen LogP contribution in [0.1, 0.15) is 40.5 Å². The van der Waals surface area contributed by atoms with Gasteiger partial charge in [0.25, 0.3) is 0 Å². The molecule has 2 nitrogen and oxygen atoms in total. The Morgan fingerprint density at radius 3 is 2.17 bits per heavy atom. The van der Waals surface area contributed by atoms with Gasteiger partial charge in [-0.15, -0.1) is 0 Å². The summed E-state index contributed by atoms with van der Waals surface area (Å²) in [4.78, 5) is 0. The van der Waals surface area contributed by atoms with Gasteiger partial charge in [0.2, 0.25) is 0 Å². The summed E-state index contributed by atoms with van der Waals surface area (Å²) in [6.45, 7) is 8.89. The quantitative estimate of drug-likeness (QED) is 0.669. The number of ether oxygens (including phenoxy) is 1. The van der Waals surface area contributed by atoms with Gasteiger partial charge in [-0.3, -0.25) is 0 Å². The molecule has 12 heavy (non-hydrogen) atoms. The third kappa shape index (κ3) is 5.56. The van der Waals surface area contributed by atoms with E-state index in [0.29, 0.717) is 12.5 Å². The summed E-state index contributed by atoms with van der Waals surface area (Å²) in [5.74, 6) is 0.661.